The van der Waals surface area contributed by atoms with E-state index in [1.165, 1.54) is 17.4 Å². The largest absolute Gasteiger partial charge is 0.490 e. The standard InChI is InChI=1S/C21H25ClN4O5S2.C2HF3O2/c1-2-31-20(27)15-26(33(29,30)14-8-17-3-4-19(22)32-17)18-7-12-25(21(18)28)13-11-24-16-5-9-23-10-6-16;3-2(4,5)1(6)7/h3-6,8-10,14,18H,2,7,11-13,15H2,1H3,(H,23,24);(H,6,7)/b14-8+;. The molecule has 2 aromatic heterocycles. The summed E-state index contributed by atoms with van der Waals surface area (Å²) >= 11 is 7.12. The average molecular weight is 627 g/mol. The second-order valence-corrected chi connectivity index (χ2v) is 11.5. The predicted molar refractivity (Wildman–Crippen MR) is 142 cm³/mol. The number of hydrogen-bond acceptors (Lipinski definition) is 9. The number of likely N-dealkylation sites (tertiary alicyclic amines) is 1. The van der Waals surface area contributed by atoms with E-state index >= 15 is 0 Å². The molecule has 0 saturated carbocycles. The fraction of sp³-hybridized carbons (Fsp3) is 0.391. The van der Waals surface area contributed by atoms with Gasteiger partial charge in [-0.25, -0.2) is 13.2 Å². The third kappa shape index (κ3) is 10.4. The number of halogens is 4. The summed E-state index contributed by atoms with van der Waals surface area (Å²) in [5.41, 5.74) is 0.874. The summed E-state index contributed by atoms with van der Waals surface area (Å²) in [6, 6.07) is 6.00. The first kappa shape index (κ1) is 33.0. The Labute approximate surface area is 237 Å². The summed E-state index contributed by atoms with van der Waals surface area (Å²) in [5.74, 6) is -3.81. The molecule has 0 radical (unpaired) electrons. The van der Waals surface area contributed by atoms with E-state index in [1.807, 2.05) is 12.1 Å². The molecule has 1 unspecified atom stereocenters. The van der Waals surface area contributed by atoms with Gasteiger partial charge >= 0.3 is 18.1 Å². The van der Waals surface area contributed by atoms with Crippen LogP contribution in [0, 0.1) is 0 Å². The van der Waals surface area contributed by atoms with Gasteiger partial charge in [0.15, 0.2) is 0 Å². The smallest absolute Gasteiger partial charge is 0.475 e. The van der Waals surface area contributed by atoms with Crippen molar-refractivity contribution in [1.29, 1.82) is 0 Å². The molecule has 3 heterocycles. The maximum absolute atomic E-state index is 13.1. The molecule has 0 spiro atoms. The van der Waals surface area contributed by atoms with E-state index in [4.69, 9.17) is 26.2 Å². The van der Waals surface area contributed by atoms with Gasteiger partial charge in [0.1, 0.15) is 12.6 Å². The molecule has 0 bridgehead atoms. The molecule has 0 aromatic carbocycles. The topological polar surface area (TPSA) is 146 Å². The minimum Gasteiger partial charge on any atom is -0.475 e. The zero-order valence-corrected chi connectivity index (χ0v) is 23.4. The molecule has 1 atom stereocenters. The van der Waals surface area contributed by atoms with Crippen molar-refractivity contribution >= 4 is 62.6 Å². The number of aromatic nitrogens is 1. The third-order valence-electron chi connectivity index (χ3n) is 5.17. The Hall–Kier alpha value is -3.21. The number of amides is 1. The number of thiophene rings is 1. The number of esters is 1. The van der Waals surface area contributed by atoms with Crippen LogP contribution in [0.4, 0.5) is 18.9 Å². The number of hydrogen-bond donors (Lipinski definition) is 2. The van der Waals surface area contributed by atoms with Crippen molar-refractivity contribution in [3.8, 4) is 0 Å². The highest BCUT2D eigenvalue weighted by molar-refractivity contribution is 7.92. The van der Waals surface area contributed by atoms with Crippen LogP contribution in [0.2, 0.25) is 4.34 Å². The van der Waals surface area contributed by atoms with Crippen LogP contribution in [0.25, 0.3) is 6.08 Å². The molecule has 11 nitrogen and oxygen atoms in total. The Balaban J connectivity index is 0.000000708. The highest BCUT2D eigenvalue weighted by atomic mass is 35.5. The Bertz CT molecular complexity index is 1290. The lowest BCUT2D eigenvalue weighted by Crippen LogP contribution is -2.47. The number of aliphatic carboxylic acids is 1. The molecule has 1 aliphatic rings. The summed E-state index contributed by atoms with van der Waals surface area (Å²) in [5, 5.41) is 11.3. The summed E-state index contributed by atoms with van der Waals surface area (Å²) in [6.07, 6.45) is -0.0738. The van der Waals surface area contributed by atoms with Gasteiger partial charge in [-0.05, 0) is 43.7 Å². The number of carboxylic acid groups (broad SMARTS) is 1. The number of carbonyl (C=O) groups excluding carboxylic acids is 2. The maximum Gasteiger partial charge on any atom is 0.490 e. The van der Waals surface area contributed by atoms with E-state index in [0.29, 0.717) is 28.8 Å². The molecule has 0 aliphatic carbocycles. The number of rotatable bonds is 11. The van der Waals surface area contributed by atoms with Gasteiger partial charge in [0.25, 0.3) is 0 Å². The van der Waals surface area contributed by atoms with Gasteiger partial charge in [-0.15, -0.1) is 11.3 Å². The zero-order chi connectivity index (χ0) is 29.9. The number of pyridine rings is 1. The van der Waals surface area contributed by atoms with Gasteiger partial charge in [0.2, 0.25) is 15.9 Å². The van der Waals surface area contributed by atoms with Crippen LogP contribution in [0.5, 0.6) is 0 Å². The zero-order valence-electron chi connectivity index (χ0n) is 21.0. The first-order chi connectivity index (χ1) is 18.7. The van der Waals surface area contributed by atoms with Crippen molar-refractivity contribution in [2.24, 2.45) is 0 Å². The molecule has 3 rings (SSSR count). The second-order valence-electron chi connectivity index (χ2n) is 7.94. The van der Waals surface area contributed by atoms with E-state index in [2.05, 4.69) is 10.3 Å². The monoisotopic (exact) mass is 626 g/mol. The Morgan fingerprint density at radius 1 is 1.30 bits per heavy atom. The van der Waals surface area contributed by atoms with Gasteiger partial charge in [-0.2, -0.15) is 17.5 Å². The SMILES string of the molecule is CCOC(=O)CN(C1CCN(CCNc2ccncc2)C1=O)S(=O)(=O)/C=C/c1ccc(Cl)s1.O=C(O)C(F)(F)F. The van der Waals surface area contributed by atoms with Crippen LogP contribution in [0.3, 0.4) is 0 Å². The first-order valence-corrected chi connectivity index (χ1v) is 14.3. The number of anilines is 1. The van der Waals surface area contributed by atoms with Gasteiger partial charge in [0.05, 0.1) is 10.9 Å². The molecule has 1 aliphatic heterocycles. The summed E-state index contributed by atoms with van der Waals surface area (Å²) in [7, 11) is -4.08. The average Bonchev–Trinajstić information content (AvgIpc) is 3.47. The predicted octanol–water partition coefficient (Wildman–Crippen LogP) is 3.31. The van der Waals surface area contributed by atoms with Crippen molar-refractivity contribution in [3.63, 3.8) is 0 Å². The Morgan fingerprint density at radius 2 is 1.95 bits per heavy atom. The molecule has 17 heteroatoms. The molecule has 1 saturated heterocycles. The molecule has 2 aromatic rings. The number of carboxylic acids is 1. The molecule has 40 heavy (non-hydrogen) atoms. The van der Waals surface area contributed by atoms with Gasteiger partial charge < -0.3 is 20.1 Å². The minimum atomic E-state index is -5.08. The lowest BCUT2D eigenvalue weighted by Gasteiger charge is -2.25. The van der Waals surface area contributed by atoms with Gasteiger partial charge in [0, 0.05) is 48.0 Å². The second kappa shape index (κ2) is 15.0. The van der Waals surface area contributed by atoms with Crippen molar-refractivity contribution in [1.82, 2.24) is 14.2 Å². The molecule has 2 N–H and O–H groups in total. The van der Waals surface area contributed by atoms with Crippen molar-refractivity contribution < 1.29 is 45.8 Å². The van der Waals surface area contributed by atoms with E-state index in [1.54, 1.807) is 36.4 Å². The van der Waals surface area contributed by atoms with E-state index in [9.17, 15) is 31.2 Å². The van der Waals surface area contributed by atoms with Crippen molar-refractivity contribution in [3.05, 3.63) is 51.3 Å². The Kier molecular flexibility index (Phi) is 12.4. The van der Waals surface area contributed by atoms with E-state index in [-0.39, 0.29) is 18.9 Å². The fourth-order valence-electron chi connectivity index (χ4n) is 3.38. The lowest BCUT2D eigenvalue weighted by atomic mass is 10.2. The lowest BCUT2D eigenvalue weighted by molar-refractivity contribution is -0.192. The van der Waals surface area contributed by atoms with Crippen molar-refractivity contribution in [2.75, 3.05) is 38.1 Å². The normalized spacial score (nSPS) is 15.7. The molecule has 1 fully saturated rings. The van der Waals surface area contributed by atoms with E-state index in [0.717, 1.165) is 15.4 Å². The number of alkyl halides is 3. The fourth-order valence-corrected chi connectivity index (χ4v) is 5.74. The Morgan fingerprint density at radius 3 is 2.50 bits per heavy atom. The molecular weight excluding hydrogens is 601 g/mol. The van der Waals surface area contributed by atoms with Crippen LogP contribution in [0.15, 0.2) is 42.1 Å². The molecular formula is C23H26ClF3N4O7S2. The van der Waals surface area contributed by atoms with Crippen LogP contribution < -0.4 is 5.32 Å². The maximum atomic E-state index is 13.1. The van der Waals surface area contributed by atoms with Crippen LogP contribution >= 0.6 is 22.9 Å². The third-order valence-corrected chi connectivity index (χ3v) is 7.88. The van der Waals surface area contributed by atoms with Gasteiger partial charge in [-0.1, -0.05) is 11.6 Å². The number of sulfonamides is 1. The van der Waals surface area contributed by atoms with Crippen LogP contribution in [-0.2, 0) is 29.1 Å². The van der Waals surface area contributed by atoms with E-state index < -0.39 is 40.7 Å². The number of ether oxygens (including phenoxy) is 1. The summed E-state index contributed by atoms with van der Waals surface area (Å²) < 4.78 is 64.3. The van der Waals surface area contributed by atoms with Crippen LogP contribution in [0.1, 0.15) is 18.2 Å². The first-order valence-electron chi connectivity index (χ1n) is 11.6. The number of carbonyl (C=O) groups is 3. The summed E-state index contributed by atoms with van der Waals surface area (Å²) in [4.78, 5) is 40.3. The van der Waals surface area contributed by atoms with Gasteiger partial charge in [-0.3, -0.25) is 14.6 Å². The highest BCUT2D eigenvalue weighted by Crippen LogP contribution is 2.25. The minimum absolute atomic E-state index is 0.113. The van der Waals surface area contributed by atoms with Crippen LogP contribution in [-0.4, -0.2) is 90.6 Å². The van der Waals surface area contributed by atoms with Crippen molar-refractivity contribution in [2.45, 2.75) is 25.6 Å². The number of nitrogens with one attached hydrogen (secondary N) is 1. The highest BCUT2D eigenvalue weighted by Gasteiger charge is 2.41. The number of nitrogens with zero attached hydrogens (tertiary/aromatic N) is 3. The quantitative estimate of drug-likeness (QED) is 0.359. The summed E-state index contributed by atoms with van der Waals surface area (Å²) in [6.45, 7) is 2.49. The molecule has 1 amide bonds. The molecule has 220 valence electrons.